The van der Waals surface area contributed by atoms with Gasteiger partial charge in [0.25, 0.3) is 17.0 Å². The molecular weight excluding hydrogens is 614 g/mol. The van der Waals surface area contributed by atoms with Gasteiger partial charge in [0.05, 0.1) is 22.9 Å². The number of nitrogens with zero attached hydrogens (tertiary/aromatic N) is 4. The number of rotatable bonds is 2. The number of nitrogens with two attached hydrogens (primary N) is 1. The van der Waals surface area contributed by atoms with Gasteiger partial charge in [0.15, 0.2) is 15.7 Å². The van der Waals surface area contributed by atoms with E-state index in [1.807, 2.05) is 6.92 Å². The number of alkyl halides is 2. The molecule has 0 aliphatic carbocycles. The Labute approximate surface area is 268 Å². The summed E-state index contributed by atoms with van der Waals surface area (Å²) in [4.78, 5) is 29.3. The molecule has 1 aromatic carbocycles. The van der Waals surface area contributed by atoms with Crippen molar-refractivity contribution in [1.82, 2.24) is 14.3 Å². The molecule has 46 heavy (non-hydrogen) atoms. The fourth-order valence-electron chi connectivity index (χ4n) is 6.66. The Kier molecular flexibility index (Phi) is 10.5. The van der Waals surface area contributed by atoms with Gasteiger partial charge in [-0.2, -0.15) is 5.10 Å². The predicted octanol–water partition coefficient (Wildman–Crippen LogP) is 4.69. The molecule has 2 aromatic heterocycles. The van der Waals surface area contributed by atoms with E-state index in [0.717, 1.165) is 38.5 Å². The summed E-state index contributed by atoms with van der Waals surface area (Å²) in [5.74, 6) is -3.11. The van der Waals surface area contributed by atoms with Gasteiger partial charge in [-0.15, -0.1) is 0 Å². The summed E-state index contributed by atoms with van der Waals surface area (Å²) in [6.07, 6.45) is 6.64. The zero-order chi connectivity index (χ0) is 33.1. The molecule has 0 spiro atoms. The minimum atomic E-state index is -3.19. The van der Waals surface area contributed by atoms with Gasteiger partial charge in [0, 0.05) is 38.7 Å². The SMILES string of the molecule is C[C@H]1Nc2nn(C)c(=O)c3c2cc(N2CCS(=O)(=O)CC2)c(=O)n3CCCCCCCCCC(CN)CC(F)(F)c2cccc1c2. The van der Waals surface area contributed by atoms with Gasteiger partial charge in [-0.3, -0.25) is 9.59 Å². The summed E-state index contributed by atoms with van der Waals surface area (Å²) >= 11 is 0. The Morgan fingerprint density at radius 3 is 2.35 bits per heavy atom. The Balaban J connectivity index is 1.61. The van der Waals surface area contributed by atoms with E-state index in [9.17, 15) is 18.0 Å². The Hall–Kier alpha value is -3.32. The molecule has 3 N–H and O–H groups in total. The number of halogens is 2. The van der Waals surface area contributed by atoms with E-state index >= 15 is 8.78 Å². The van der Waals surface area contributed by atoms with Crippen LogP contribution in [0.3, 0.4) is 0 Å². The lowest BCUT2D eigenvalue weighted by Crippen LogP contribution is -2.44. The van der Waals surface area contributed by atoms with Crippen LogP contribution in [0.1, 0.15) is 81.9 Å². The first-order valence-corrected chi connectivity index (χ1v) is 18.3. The smallest absolute Gasteiger partial charge is 0.291 e. The molecule has 1 unspecified atom stereocenters. The highest BCUT2D eigenvalue weighted by Crippen LogP contribution is 2.37. The van der Waals surface area contributed by atoms with Crippen molar-refractivity contribution < 1.29 is 17.2 Å². The average Bonchev–Trinajstić information content (AvgIpc) is 3.02. The number of benzene rings is 1. The molecule has 4 heterocycles. The van der Waals surface area contributed by atoms with Crippen LogP contribution in [0.25, 0.3) is 10.9 Å². The third-order valence-corrected chi connectivity index (χ3v) is 11.1. The van der Waals surface area contributed by atoms with Crippen LogP contribution >= 0.6 is 0 Å². The molecule has 13 heteroatoms. The molecule has 252 valence electrons. The maximum Gasteiger partial charge on any atom is 0.291 e. The van der Waals surface area contributed by atoms with Gasteiger partial charge in [-0.1, -0.05) is 56.7 Å². The zero-order valence-corrected chi connectivity index (χ0v) is 27.6. The van der Waals surface area contributed by atoms with E-state index in [4.69, 9.17) is 5.73 Å². The Morgan fingerprint density at radius 2 is 1.65 bits per heavy atom. The first kappa shape index (κ1) is 34.0. The van der Waals surface area contributed by atoms with Crippen molar-refractivity contribution in [2.45, 2.75) is 83.2 Å². The predicted molar refractivity (Wildman–Crippen MR) is 179 cm³/mol. The molecule has 6 bridgehead atoms. The number of pyridine rings is 1. The molecule has 1 saturated heterocycles. The topological polar surface area (TPSA) is 132 Å². The third kappa shape index (κ3) is 7.62. The first-order valence-electron chi connectivity index (χ1n) is 16.5. The summed E-state index contributed by atoms with van der Waals surface area (Å²) in [6, 6.07) is 7.49. The second kappa shape index (κ2) is 14.2. The summed E-state index contributed by atoms with van der Waals surface area (Å²) in [5, 5.41) is 8.26. The normalized spacial score (nSPS) is 23.0. The molecule has 2 aliphatic rings. The van der Waals surface area contributed by atoms with E-state index in [0.29, 0.717) is 41.8 Å². The number of aromatic nitrogens is 3. The fraction of sp³-hybridized carbons (Fsp3) is 0.606. The van der Waals surface area contributed by atoms with Crippen LogP contribution in [-0.4, -0.2) is 53.9 Å². The quantitative estimate of drug-likeness (QED) is 0.405. The van der Waals surface area contributed by atoms with Crippen LogP contribution in [0.2, 0.25) is 0 Å². The van der Waals surface area contributed by atoms with Crippen LogP contribution in [-0.2, 0) is 29.4 Å². The number of hydrogen-bond donors (Lipinski definition) is 2. The molecule has 0 radical (unpaired) electrons. The molecular formula is C33H46F2N6O4S. The van der Waals surface area contributed by atoms with Crippen LogP contribution in [0, 0.1) is 5.92 Å². The summed E-state index contributed by atoms with van der Waals surface area (Å²) in [6.45, 7) is 2.73. The number of fused-ring (bicyclic) bond motifs is 2. The molecule has 3 aromatic rings. The summed E-state index contributed by atoms with van der Waals surface area (Å²) < 4.78 is 58.2. The highest BCUT2D eigenvalue weighted by atomic mass is 32.2. The van der Waals surface area contributed by atoms with Gasteiger partial charge < -0.3 is 20.5 Å². The molecule has 2 atom stereocenters. The molecule has 2 aliphatic heterocycles. The number of aryl methyl sites for hydroxylation is 2. The molecule has 10 nitrogen and oxygen atoms in total. The standard InChI is InChI=1S/C33H46F2N6O4S/c1-23-25-12-10-13-26(19-25)33(34,35)21-24(22-36)11-8-6-4-3-5-7-9-14-41-29-27(30(37-23)38-39(2)32(29)43)20-28(31(41)42)40-15-17-46(44,45)18-16-40/h10,12-13,19-20,23-24H,3-9,11,14-18,21-22,36H2,1-2H3,(H,37,38)/t23-,24?/m1/s1. The highest BCUT2D eigenvalue weighted by Gasteiger charge is 2.35. The van der Waals surface area contributed by atoms with Crippen molar-refractivity contribution in [2.75, 3.05) is 41.4 Å². The van der Waals surface area contributed by atoms with Gasteiger partial charge in [-0.25, -0.2) is 21.9 Å². The number of hydrogen-bond acceptors (Lipinski definition) is 8. The van der Waals surface area contributed by atoms with E-state index in [1.54, 1.807) is 23.1 Å². The van der Waals surface area contributed by atoms with E-state index in [1.165, 1.54) is 28.4 Å². The van der Waals surface area contributed by atoms with Crippen molar-refractivity contribution in [3.63, 3.8) is 0 Å². The molecule has 0 amide bonds. The second-order valence-electron chi connectivity index (χ2n) is 12.9. The monoisotopic (exact) mass is 660 g/mol. The van der Waals surface area contributed by atoms with Crippen molar-refractivity contribution in [1.29, 1.82) is 0 Å². The highest BCUT2D eigenvalue weighted by molar-refractivity contribution is 7.91. The third-order valence-electron chi connectivity index (χ3n) is 9.49. The number of nitrogens with one attached hydrogen (secondary N) is 1. The lowest BCUT2D eigenvalue weighted by Gasteiger charge is -2.29. The van der Waals surface area contributed by atoms with E-state index in [-0.39, 0.29) is 60.1 Å². The van der Waals surface area contributed by atoms with Crippen LogP contribution in [0.15, 0.2) is 39.9 Å². The van der Waals surface area contributed by atoms with E-state index in [2.05, 4.69) is 10.4 Å². The fourth-order valence-corrected chi connectivity index (χ4v) is 7.86. The lowest BCUT2D eigenvalue weighted by molar-refractivity contribution is -0.0293. The van der Waals surface area contributed by atoms with Crippen LogP contribution in [0.5, 0.6) is 0 Å². The Bertz CT molecular complexity index is 1760. The second-order valence-corrected chi connectivity index (χ2v) is 15.2. The number of anilines is 2. The van der Waals surface area contributed by atoms with Crippen molar-refractivity contribution in [3.05, 3.63) is 62.2 Å². The maximum atomic E-state index is 15.6. The van der Waals surface area contributed by atoms with Crippen molar-refractivity contribution >= 4 is 32.2 Å². The zero-order valence-electron chi connectivity index (χ0n) is 26.8. The maximum absolute atomic E-state index is 15.6. The van der Waals surface area contributed by atoms with Crippen molar-refractivity contribution in [3.8, 4) is 0 Å². The minimum Gasteiger partial charge on any atom is -0.365 e. The van der Waals surface area contributed by atoms with Gasteiger partial charge in [-0.05, 0) is 49.9 Å². The van der Waals surface area contributed by atoms with Gasteiger partial charge in [0.1, 0.15) is 11.2 Å². The summed E-state index contributed by atoms with van der Waals surface area (Å²) in [7, 11) is -1.67. The first-order chi connectivity index (χ1) is 21.9. The van der Waals surface area contributed by atoms with Gasteiger partial charge in [0.2, 0.25) is 0 Å². The molecule has 0 saturated carbocycles. The van der Waals surface area contributed by atoms with Crippen molar-refractivity contribution in [2.24, 2.45) is 18.7 Å². The molecule has 5 rings (SSSR count). The minimum absolute atomic E-state index is 0.0611. The van der Waals surface area contributed by atoms with Crippen LogP contribution in [0.4, 0.5) is 20.3 Å². The molecule has 1 fully saturated rings. The lowest BCUT2D eigenvalue weighted by atomic mass is 9.90. The van der Waals surface area contributed by atoms with Crippen LogP contribution < -0.4 is 27.1 Å². The van der Waals surface area contributed by atoms with E-state index < -0.39 is 27.4 Å². The van der Waals surface area contributed by atoms with Gasteiger partial charge >= 0.3 is 0 Å². The number of sulfone groups is 1. The average molecular weight is 661 g/mol. The Morgan fingerprint density at radius 1 is 0.978 bits per heavy atom. The largest absolute Gasteiger partial charge is 0.365 e. The summed E-state index contributed by atoms with van der Waals surface area (Å²) in [5.41, 5.74) is 6.25.